The van der Waals surface area contributed by atoms with Crippen molar-refractivity contribution in [3.8, 4) is 5.75 Å². The molecule has 1 unspecified atom stereocenters. The Bertz CT molecular complexity index is 1070. The van der Waals surface area contributed by atoms with Gasteiger partial charge in [0, 0.05) is 0 Å². The summed E-state index contributed by atoms with van der Waals surface area (Å²) in [6, 6.07) is 15.2. The summed E-state index contributed by atoms with van der Waals surface area (Å²) >= 11 is 1.26. The molecule has 5 nitrogen and oxygen atoms in total. The first-order valence-electron chi connectivity index (χ1n) is 9.44. The number of fused-ring (bicyclic) bond motifs is 1. The molecule has 6 heteroatoms. The first-order chi connectivity index (χ1) is 14.1. The maximum atomic E-state index is 12.7. The number of carboxylic acid groups (broad SMARTS) is 1. The summed E-state index contributed by atoms with van der Waals surface area (Å²) in [6.07, 6.45) is 2.64. The number of ether oxygens (including phenoxy) is 1. The number of thiophene rings is 1. The summed E-state index contributed by atoms with van der Waals surface area (Å²) in [6.45, 7) is 0. The molecule has 148 valence electrons. The van der Waals surface area contributed by atoms with E-state index in [4.69, 9.17) is 4.74 Å². The standard InChI is InChI=1S/C23H21NO4S/c1-28-19-9-5-4-8-17(19)21(25)24-22-20(23(26)27)18(13-29-22)16-11-10-14-6-2-3-7-15(14)12-16/h2-9,13,16H,10-12H2,1H3,(H,24,25)(H,26,27). The third-order valence-corrected chi connectivity index (χ3v) is 6.31. The van der Waals surface area contributed by atoms with Crippen LogP contribution in [0.15, 0.2) is 53.9 Å². The van der Waals surface area contributed by atoms with Crippen molar-refractivity contribution in [2.45, 2.75) is 25.2 Å². The summed E-state index contributed by atoms with van der Waals surface area (Å²) in [5, 5.41) is 14.9. The van der Waals surface area contributed by atoms with Gasteiger partial charge in [-0.05, 0) is 59.4 Å². The molecule has 4 rings (SSSR count). The number of hydrogen-bond donors (Lipinski definition) is 2. The van der Waals surface area contributed by atoms with Gasteiger partial charge in [0.25, 0.3) is 5.91 Å². The van der Waals surface area contributed by atoms with E-state index in [1.807, 2.05) is 17.5 Å². The number of nitrogens with one attached hydrogen (secondary N) is 1. The predicted molar refractivity (Wildman–Crippen MR) is 113 cm³/mol. The Morgan fingerprint density at radius 1 is 1.10 bits per heavy atom. The molecule has 0 radical (unpaired) electrons. The Hall–Kier alpha value is -3.12. The van der Waals surface area contributed by atoms with E-state index in [1.54, 1.807) is 24.3 Å². The quantitative estimate of drug-likeness (QED) is 0.625. The van der Waals surface area contributed by atoms with Crippen molar-refractivity contribution in [2.75, 3.05) is 12.4 Å². The van der Waals surface area contributed by atoms with Crippen LogP contribution in [-0.2, 0) is 12.8 Å². The van der Waals surface area contributed by atoms with Crippen LogP contribution < -0.4 is 10.1 Å². The van der Waals surface area contributed by atoms with Gasteiger partial charge in [0.2, 0.25) is 0 Å². The molecule has 1 aliphatic carbocycles. The fraction of sp³-hybridized carbons (Fsp3) is 0.217. The van der Waals surface area contributed by atoms with E-state index in [0.717, 1.165) is 24.8 Å². The summed E-state index contributed by atoms with van der Waals surface area (Å²) in [4.78, 5) is 24.8. The first-order valence-corrected chi connectivity index (χ1v) is 10.3. The number of para-hydroxylation sites is 1. The minimum Gasteiger partial charge on any atom is -0.496 e. The highest BCUT2D eigenvalue weighted by atomic mass is 32.1. The SMILES string of the molecule is COc1ccccc1C(=O)Nc1scc(C2CCc3ccccc3C2)c1C(=O)O. The van der Waals surface area contributed by atoms with Crippen LogP contribution in [0.4, 0.5) is 5.00 Å². The minimum atomic E-state index is -1.02. The van der Waals surface area contributed by atoms with Gasteiger partial charge in [0.1, 0.15) is 10.8 Å². The summed E-state index contributed by atoms with van der Waals surface area (Å²) in [7, 11) is 1.50. The Balaban J connectivity index is 1.63. The maximum Gasteiger partial charge on any atom is 0.339 e. The normalized spacial score (nSPS) is 15.4. The fourth-order valence-corrected chi connectivity index (χ4v) is 4.98. The molecule has 1 atom stereocenters. The Kier molecular flexibility index (Phi) is 5.36. The van der Waals surface area contributed by atoms with Gasteiger partial charge in [-0.15, -0.1) is 11.3 Å². The minimum absolute atomic E-state index is 0.129. The van der Waals surface area contributed by atoms with Gasteiger partial charge in [0.15, 0.2) is 0 Å². The van der Waals surface area contributed by atoms with Crippen LogP contribution in [-0.4, -0.2) is 24.1 Å². The predicted octanol–water partition coefficient (Wildman–Crippen LogP) is 4.98. The summed E-state index contributed by atoms with van der Waals surface area (Å²) in [5.74, 6) is -0.825. The molecule has 1 heterocycles. The van der Waals surface area contributed by atoms with Crippen LogP contribution in [0.2, 0.25) is 0 Å². The number of amides is 1. The number of aromatic carboxylic acids is 1. The number of carbonyl (C=O) groups excluding carboxylic acids is 1. The molecule has 0 saturated carbocycles. The van der Waals surface area contributed by atoms with E-state index in [9.17, 15) is 14.7 Å². The molecule has 1 amide bonds. The molecule has 0 fully saturated rings. The van der Waals surface area contributed by atoms with Crippen LogP contribution in [0, 0.1) is 0 Å². The molecule has 1 aliphatic rings. The lowest BCUT2D eigenvalue weighted by molar-refractivity contribution is 0.0696. The van der Waals surface area contributed by atoms with Crippen molar-refractivity contribution < 1.29 is 19.4 Å². The second kappa shape index (κ2) is 8.09. The van der Waals surface area contributed by atoms with E-state index in [0.29, 0.717) is 16.3 Å². The maximum absolute atomic E-state index is 12.7. The Morgan fingerprint density at radius 2 is 1.83 bits per heavy atom. The van der Waals surface area contributed by atoms with Crippen LogP contribution >= 0.6 is 11.3 Å². The van der Waals surface area contributed by atoms with Crippen LogP contribution in [0.1, 0.15) is 49.7 Å². The van der Waals surface area contributed by atoms with Crippen molar-refractivity contribution in [3.63, 3.8) is 0 Å². The zero-order valence-corrected chi connectivity index (χ0v) is 16.8. The molecule has 0 saturated heterocycles. The average molecular weight is 407 g/mol. The highest BCUT2D eigenvalue weighted by Crippen LogP contribution is 2.40. The number of hydrogen-bond acceptors (Lipinski definition) is 4. The van der Waals surface area contributed by atoms with Gasteiger partial charge < -0.3 is 15.2 Å². The van der Waals surface area contributed by atoms with Gasteiger partial charge in [-0.1, -0.05) is 36.4 Å². The smallest absolute Gasteiger partial charge is 0.339 e. The average Bonchev–Trinajstić information content (AvgIpc) is 3.17. The first kappa shape index (κ1) is 19.2. The largest absolute Gasteiger partial charge is 0.496 e. The fourth-order valence-electron chi connectivity index (χ4n) is 3.95. The Morgan fingerprint density at radius 3 is 2.59 bits per heavy atom. The number of anilines is 1. The van der Waals surface area contributed by atoms with Gasteiger partial charge >= 0.3 is 5.97 Å². The van der Waals surface area contributed by atoms with Crippen LogP contribution in [0.25, 0.3) is 0 Å². The van der Waals surface area contributed by atoms with Crippen molar-refractivity contribution in [2.24, 2.45) is 0 Å². The highest BCUT2D eigenvalue weighted by molar-refractivity contribution is 7.15. The van der Waals surface area contributed by atoms with E-state index in [1.165, 1.54) is 29.6 Å². The topological polar surface area (TPSA) is 75.6 Å². The van der Waals surface area contributed by atoms with E-state index < -0.39 is 5.97 Å². The number of aryl methyl sites for hydroxylation is 1. The van der Waals surface area contributed by atoms with Crippen molar-refractivity contribution >= 4 is 28.2 Å². The zero-order valence-electron chi connectivity index (χ0n) is 16.0. The number of benzene rings is 2. The number of rotatable bonds is 5. The van der Waals surface area contributed by atoms with E-state index in [-0.39, 0.29) is 17.4 Å². The van der Waals surface area contributed by atoms with Crippen LogP contribution in [0.3, 0.4) is 0 Å². The van der Waals surface area contributed by atoms with Gasteiger partial charge in [-0.3, -0.25) is 4.79 Å². The molecule has 29 heavy (non-hydrogen) atoms. The van der Waals surface area contributed by atoms with Crippen molar-refractivity contribution in [1.29, 1.82) is 0 Å². The molecule has 1 aromatic heterocycles. The van der Waals surface area contributed by atoms with Crippen molar-refractivity contribution in [3.05, 3.63) is 81.7 Å². The molecule has 2 aromatic carbocycles. The second-order valence-corrected chi connectivity index (χ2v) is 7.94. The van der Waals surface area contributed by atoms with Gasteiger partial charge in [-0.2, -0.15) is 0 Å². The highest BCUT2D eigenvalue weighted by Gasteiger charge is 2.28. The second-order valence-electron chi connectivity index (χ2n) is 7.06. The monoisotopic (exact) mass is 407 g/mol. The Labute approximate surface area is 173 Å². The zero-order chi connectivity index (χ0) is 20.4. The lowest BCUT2D eigenvalue weighted by Crippen LogP contribution is -2.17. The van der Waals surface area contributed by atoms with E-state index >= 15 is 0 Å². The lowest BCUT2D eigenvalue weighted by Gasteiger charge is -2.24. The molecule has 3 aromatic rings. The number of carbonyl (C=O) groups is 2. The van der Waals surface area contributed by atoms with Gasteiger partial charge in [0.05, 0.1) is 18.2 Å². The summed E-state index contributed by atoms with van der Waals surface area (Å²) in [5.41, 5.74) is 3.97. The third-order valence-electron chi connectivity index (χ3n) is 5.40. The molecule has 2 N–H and O–H groups in total. The van der Waals surface area contributed by atoms with Gasteiger partial charge in [-0.25, -0.2) is 4.79 Å². The summed E-state index contributed by atoms with van der Waals surface area (Å²) < 4.78 is 5.24. The van der Waals surface area contributed by atoms with Crippen molar-refractivity contribution in [1.82, 2.24) is 0 Å². The third kappa shape index (κ3) is 3.76. The molecule has 0 spiro atoms. The number of methoxy groups -OCH3 is 1. The molecule has 0 bridgehead atoms. The van der Waals surface area contributed by atoms with E-state index in [2.05, 4.69) is 17.4 Å². The number of carboxylic acids is 1. The van der Waals surface area contributed by atoms with Crippen LogP contribution in [0.5, 0.6) is 5.75 Å². The molecular weight excluding hydrogens is 386 g/mol. The molecule has 0 aliphatic heterocycles. The molecular formula is C23H21NO4S. The lowest BCUT2D eigenvalue weighted by atomic mass is 9.80.